The lowest BCUT2D eigenvalue weighted by Crippen LogP contribution is -2.47. The highest BCUT2D eigenvalue weighted by molar-refractivity contribution is 5.96. The van der Waals surface area contributed by atoms with Crippen LogP contribution in [0.3, 0.4) is 0 Å². The van der Waals surface area contributed by atoms with Gasteiger partial charge in [-0.3, -0.25) is 19.5 Å². The summed E-state index contributed by atoms with van der Waals surface area (Å²) in [6.07, 6.45) is 1.91. The van der Waals surface area contributed by atoms with Crippen molar-refractivity contribution >= 4 is 17.5 Å². The van der Waals surface area contributed by atoms with Crippen LogP contribution in [0.5, 0.6) is 0 Å². The molecule has 1 aliphatic carbocycles. The van der Waals surface area contributed by atoms with Crippen LogP contribution in [-0.4, -0.2) is 95.8 Å². The highest BCUT2D eigenvalue weighted by Gasteiger charge is 2.48. The first-order valence-corrected chi connectivity index (χ1v) is 15.1. The average molecular weight is 602 g/mol. The number of aromatic nitrogens is 1. The molecule has 2 N–H and O–H groups in total. The van der Waals surface area contributed by atoms with E-state index in [2.05, 4.69) is 20.1 Å². The number of morpholine rings is 1. The highest BCUT2D eigenvalue weighted by atomic mass is 19.4. The van der Waals surface area contributed by atoms with Crippen molar-refractivity contribution in [1.82, 2.24) is 20.1 Å². The maximum absolute atomic E-state index is 13.1. The van der Waals surface area contributed by atoms with E-state index in [4.69, 9.17) is 4.74 Å². The van der Waals surface area contributed by atoms with Crippen molar-refractivity contribution in [2.75, 3.05) is 50.8 Å². The maximum Gasteiger partial charge on any atom is 0.416 e. The summed E-state index contributed by atoms with van der Waals surface area (Å²) in [7, 11) is 0. The summed E-state index contributed by atoms with van der Waals surface area (Å²) in [6.45, 7) is 4.27. The highest BCUT2D eigenvalue weighted by Crippen LogP contribution is 2.42. The Morgan fingerprint density at radius 2 is 1.74 bits per heavy atom. The van der Waals surface area contributed by atoms with E-state index in [0.717, 1.165) is 63.1 Å². The predicted molar refractivity (Wildman–Crippen MR) is 152 cm³/mol. The van der Waals surface area contributed by atoms with Gasteiger partial charge in [-0.05, 0) is 68.9 Å². The van der Waals surface area contributed by atoms with Gasteiger partial charge in [0, 0.05) is 49.9 Å². The average Bonchev–Trinajstić information content (AvgIpc) is 3.63. The maximum atomic E-state index is 13.1. The first-order chi connectivity index (χ1) is 20.6. The third kappa shape index (κ3) is 6.23. The Balaban J connectivity index is 1.00. The largest absolute Gasteiger partial charge is 0.416 e. The van der Waals surface area contributed by atoms with Crippen molar-refractivity contribution in [1.29, 1.82) is 0 Å². The number of likely N-dealkylation sites (tertiary alicyclic amines) is 2. The second-order valence-corrected chi connectivity index (χ2v) is 12.1. The van der Waals surface area contributed by atoms with E-state index in [1.807, 2.05) is 23.2 Å². The quantitative estimate of drug-likeness (QED) is 0.525. The third-order valence-corrected chi connectivity index (χ3v) is 9.64. The number of anilines is 1. The van der Waals surface area contributed by atoms with E-state index in [0.29, 0.717) is 44.3 Å². The van der Waals surface area contributed by atoms with Crippen LogP contribution in [0.25, 0.3) is 0 Å². The Labute approximate surface area is 249 Å². The second-order valence-electron chi connectivity index (χ2n) is 12.1. The number of hydrogen-bond donors (Lipinski definition) is 2. The molecule has 9 nitrogen and oxygen atoms in total. The molecule has 3 saturated heterocycles. The van der Waals surface area contributed by atoms with Gasteiger partial charge in [-0.2, -0.15) is 13.2 Å². The Kier molecular flexibility index (Phi) is 8.36. The van der Waals surface area contributed by atoms with Gasteiger partial charge in [-0.15, -0.1) is 0 Å². The van der Waals surface area contributed by atoms with E-state index in [1.54, 1.807) is 0 Å². The number of aliphatic hydroxyl groups is 1. The number of pyridine rings is 1. The van der Waals surface area contributed by atoms with E-state index in [9.17, 15) is 27.9 Å². The lowest BCUT2D eigenvalue weighted by molar-refractivity contribution is -0.137. The number of fused-ring (bicyclic) bond motifs is 1. The van der Waals surface area contributed by atoms with Gasteiger partial charge in [0.2, 0.25) is 5.91 Å². The molecule has 4 fully saturated rings. The molecule has 43 heavy (non-hydrogen) atoms. The van der Waals surface area contributed by atoms with Gasteiger partial charge in [0.25, 0.3) is 5.91 Å². The number of halogens is 3. The summed E-state index contributed by atoms with van der Waals surface area (Å²) in [4.78, 5) is 36.7. The minimum absolute atomic E-state index is 0.0492. The van der Waals surface area contributed by atoms with Crippen LogP contribution in [0.2, 0.25) is 0 Å². The Bertz CT molecular complexity index is 1310. The molecule has 2 aromatic rings. The van der Waals surface area contributed by atoms with Crippen molar-refractivity contribution in [2.45, 2.75) is 68.4 Å². The van der Waals surface area contributed by atoms with E-state index >= 15 is 0 Å². The molecule has 4 heterocycles. The zero-order valence-electron chi connectivity index (χ0n) is 24.1. The molecule has 1 saturated carbocycles. The van der Waals surface area contributed by atoms with Crippen LogP contribution < -0.4 is 10.2 Å². The lowest BCUT2D eigenvalue weighted by Gasteiger charge is -2.41. The van der Waals surface area contributed by atoms with Crippen LogP contribution in [0.4, 0.5) is 18.9 Å². The molecule has 2 unspecified atom stereocenters. The summed E-state index contributed by atoms with van der Waals surface area (Å²) in [5.41, 5.74) is -0.224. The lowest BCUT2D eigenvalue weighted by atomic mass is 9.79. The van der Waals surface area contributed by atoms with Crippen molar-refractivity contribution in [3.05, 3.63) is 59.4 Å². The van der Waals surface area contributed by atoms with Crippen LogP contribution >= 0.6 is 0 Å². The van der Waals surface area contributed by atoms with E-state index in [-0.39, 0.29) is 30.1 Å². The SMILES string of the molecule is O=C(NCC(=O)N1CCC2C1CCN2C1CCC(O)(c2ccc(N3CCOCC3)cn2)CC1)c1cccc(C(F)(F)F)c1. The summed E-state index contributed by atoms with van der Waals surface area (Å²) < 4.78 is 44.5. The number of benzene rings is 1. The summed E-state index contributed by atoms with van der Waals surface area (Å²) >= 11 is 0. The molecule has 12 heteroatoms. The predicted octanol–water partition coefficient (Wildman–Crippen LogP) is 3.17. The number of hydrogen-bond acceptors (Lipinski definition) is 7. The van der Waals surface area contributed by atoms with Gasteiger partial charge in [-0.25, -0.2) is 0 Å². The van der Waals surface area contributed by atoms with Gasteiger partial charge in [0.05, 0.1) is 42.9 Å². The molecule has 0 spiro atoms. The zero-order chi connectivity index (χ0) is 30.2. The number of amides is 2. The number of carbonyl (C=O) groups is 2. The van der Waals surface area contributed by atoms with Gasteiger partial charge in [0.1, 0.15) is 5.60 Å². The van der Waals surface area contributed by atoms with E-state index in [1.165, 1.54) is 12.1 Å². The van der Waals surface area contributed by atoms with Crippen LogP contribution in [0.15, 0.2) is 42.6 Å². The second kappa shape index (κ2) is 12.0. The molecule has 3 aliphatic heterocycles. The molecule has 0 radical (unpaired) electrons. The van der Waals surface area contributed by atoms with Gasteiger partial charge in [0.15, 0.2) is 0 Å². The van der Waals surface area contributed by atoms with Crippen molar-refractivity contribution < 1.29 is 32.6 Å². The fourth-order valence-electron chi connectivity index (χ4n) is 7.32. The first kappa shape index (κ1) is 29.8. The van der Waals surface area contributed by atoms with Crippen molar-refractivity contribution in [2.24, 2.45) is 0 Å². The number of alkyl halides is 3. The fourth-order valence-corrected chi connectivity index (χ4v) is 7.32. The fraction of sp³-hybridized carbons (Fsp3) is 0.581. The molecule has 4 aliphatic rings. The van der Waals surface area contributed by atoms with Gasteiger partial charge in [-0.1, -0.05) is 6.07 Å². The van der Waals surface area contributed by atoms with Gasteiger partial charge >= 0.3 is 6.18 Å². The smallest absolute Gasteiger partial charge is 0.384 e. The molecule has 0 bridgehead atoms. The van der Waals surface area contributed by atoms with Crippen LogP contribution in [-0.2, 0) is 21.3 Å². The molecular formula is C31H38F3N5O4. The van der Waals surface area contributed by atoms with Crippen molar-refractivity contribution in [3.63, 3.8) is 0 Å². The summed E-state index contributed by atoms with van der Waals surface area (Å²) in [6, 6.07) is 8.77. The minimum Gasteiger partial charge on any atom is -0.384 e. The Morgan fingerprint density at radius 3 is 2.44 bits per heavy atom. The normalized spacial score (nSPS) is 28.1. The molecular weight excluding hydrogens is 563 g/mol. The van der Waals surface area contributed by atoms with Gasteiger partial charge < -0.3 is 25.0 Å². The number of rotatable bonds is 6. The number of nitrogens with one attached hydrogen (secondary N) is 1. The monoisotopic (exact) mass is 601 g/mol. The first-order valence-electron chi connectivity index (χ1n) is 15.1. The molecule has 1 aromatic heterocycles. The van der Waals surface area contributed by atoms with Crippen molar-refractivity contribution in [3.8, 4) is 0 Å². The standard InChI is InChI=1S/C31H38F3N5O4/c32-31(33,34)22-3-1-2-21(18-22)29(41)36-20-28(40)39-13-9-25-26(39)8-12-38(25)23-6-10-30(42,11-7-23)27-5-4-24(19-35-27)37-14-16-43-17-15-37/h1-5,18-19,23,25-26,42H,6-17,20H2,(H,36,41). The molecule has 1 aromatic carbocycles. The topological polar surface area (TPSA) is 98.2 Å². The zero-order valence-corrected chi connectivity index (χ0v) is 24.1. The number of carbonyl (C=O) groups excluding carboxylic acids is 2. The van der Waals surface area contributed by atoms with Crippen LogP contribution in [0.1, 0.15) is 60.1 Å². The molecule has 2 amide bonds. The molecule has 232 valence electrons. The summed E-state index contributed by atoms with van der Waals surface area (Å²) in [5, 5.41) is 14.0. The summed E-state index contributed by atoms with van der Waals surface area (Å²) in [5.74, 6) is -0.928. The number of ether oxygens (including phenoxy) is 1. The molecule has 2 atom stereocenters. The minimum atomic E-state index is -4.55. The Morgan fingerprint density at radius 1 is 1.00 bits per heavy atom. The van der Waals surface area contributed by atoms with E-state index < -0.39 is 23.2 Å². The third-order valence-electron chi connectivity index (χ3n) is 9.64. The van der Waals surface area contributed by atoms with Crippen LogP contribution in [0, 0.1) is 0 Å². The number of nitrogens with zero attached hydrogens (tertiary/aromatic N) is 4. The Hall–Kier alpha value is -3.22. The molecule has 6 rings (SSSR count).